The lowest BCUT2D eigenvalue weighted by atomic mass is 9.82. The highest BCUT2D eigenvalue weighted by atomic mass is 79.9. The molecule has 1 aliphatic rings. The SMILES string of the molecule is CN(C(=O)C1CCC(CO)CC1)c1ccc(Br)s1. The maximum atomic E-state index is 12.4. The Bertz CT molecular complexity index is 413. The topological polar surface area (TPSA) is 40.5 Å². The summed E-state index contributed by atoms with van der Waals surface area (Å²) in [7, 11) is 1.85. The first-order valence-corrected chi connectivity index (χ1v) is 7.86. The van der Waals surface area contributed by atoms with Gasteiger partial charge in [0.1, 0.15) is 0 Å². The Morgan fingerprint density at radius 1 is 1.44 bits per heavy atom. The molecule has 1 aromatic heterocycles. The lowest BCUT2D eigenvalue weighted by molar-refractivity contribution is -0.123. The highest BCUT2D eigenvalue weighted by Crippen LogP contribution is 2.33. The average molecular weight is 332 g/mol. The van der Waals surface area contributed by atoms with Crippen molar-refractivity contribution in [2.24, 2.45) is 11.8 Å². The summed E-state index contributed by atoms with van der Waals surface area (Å²) >= 11 is 4.99. The maximum Gasteiger partial charge on any atom is 0.230 e. The molecule has 0 saturated heterocycles. The third kappa shape index (κ3) is 3.13. The van der Waals surface area contributed by atoms with Gasteiger partial charge in [-0.05, 0) is 59.7 Å². The number of carbonyl (C=O) groups is 1. The van der Waals surface area contributed by atoms with Crippen LogP contribution in [0.25, 0.3) is 0 Å². The summed E-state index contributed by atoms with van der Waals surface area (Å²) < 4.78 is 1.04. The van der Waals surface area contributed by atoms with E-state index in [4.69, 9.17) is 5.11 Å². The van der Waals surface area contributed by atoms with Gasteiger partial charge in [-0.15, -0.1) is 11.3 Å². The van der Waals surface area contributed by atoms with E-state index < -0.39 is 0 Å². The predicted octanol–water partition coefficient (Wildman–Crippen LogP) is 3.27. The van der Waals surface area contributed by atoms with Gasteiger partial charge in [-0.3, -0.25) is 4.79 Å². The fourth-order valence-corrected chi connectivity index (χ4v) is 3.79. The third-order valence-electron chi connectivity index (χ3n) is 3.67. The first kappa shape index (κ1) is 14.0. The zero-order valence-electron chi connectivity index (χ0n) is 10.4. The highest BCUT2D eigenvalue weighted by molar-refractivity contribution is 9.11. The van der Waals surface area contributed by atoms with Crippen molar-refractivity contribution in [1.82, 2.24) is 0 Å². The van der Waals surface area contributed by atoms with Crippen LogP contribution >= 0.6 is 27.3 Å². The van der Waals surface area contributed by atoms with Crippen molar-refractivity contribution in [2.75, 3.05) is 18.6 Å². The summed E-state index contributed by atoms with van der Waals surface area (Å²) in [5.74, 6) is 0.731. The van der Waals surface area contributed by atoms with Crippen LogP contribution in [0.1, 0.15) is 25.7 Å². The average Bonchev–Trinajstić information content (AvgIpc) is 2.84. The molecule has 1 heterocycles. The van der Waals surface area contributed by atoms with Gasteiger partial charge in [0.25, 0.3) is 0 Å². The van der Waals surface area contributed by atoms with E-state index in [1.54, 1.807) is 16.2 Å². The van der Waals surface area contributed by atoms with E-state index in [1.807, 2.05) is 19.2 Å². The smallest absolute Gasteiger partial charge is 0.230 e. The van der Waals surface area contributed by atoms with Crippen LogP contribution in [0.15, 0.2) is 15.9 Å². The van der Waals surface area contributed by atoms with Gasteiger partial charge >= 0.3 is 0 Å². The predicted molar refractivity (Wildman–Crippen MR) is 78.0 cm³/mol. The van der Waals surface area contributed by atoms with Gasteiger partial charge in [-0.25, -0.2) is 0 Å². The minimum Gasteiger partial charge on any atom is -0.396 e. The summed E-state index contributed by atoms with van der Waals surface area (Å²) in [6, 6.07) is 3.93. The van der Waals surface area contributed by atoms with E-state index in [0.717, 1.165) is 34.5 Å². The molecule has 0 aromatic carbocycles. The van der Waals surface area contributed by atoms with Gasteiger partial charge in [0, 0.05) is 19.6 Å². The summed E-state index contributed by atoms with van der Waals surface area (Å²) in [6.45, 7) is 0.259. The third-order valence-corrected chi connectivity index (χ3v) is 5.37. The van der Waals surface area contributed by atoms with Crippen molar-refractivity contribution in [3.63, 3.8) is 0 Å². The summed E-state index contributed by atoms with van der Waals surface area (Å²) in [5.41, 5.74) is 0. The van der Waals surface area contributed by atoms with Crippen LogP contribution in [-0.2, 0) is 4.79 Å². The molecule has 0 unspecified atom stereocenters. The molecular weight excluding hydrogens is 314 g/mol. The molecule has 5 heteroatoms. The molecule has 0 bridgehead atoms. The number of aliphatic hydroxyl groups excluding tert-OH is 1. The van der Waals surface area contributed by atoms with E-state index in [-0.39, 0.29) is 18.4 Å². The van der Waals surface area contributed by atoms with Gasteiger partial charge in [-0.1, -0.05) is 0 Å². The van der Waals surface area contributed by atoms with Crippen molar-refractivity contribution in [3.8, 4) is 0 Å². The molecule has 1 aromatic rings. The van der Waals surface area contributed by atoms with Gasteiger partial charge in [-0.2, -0.15) is 0 Å². The van der Waals surface area contributed by atoms with E-state index in [2.05, 4.69) is 15.9 Å². The Morgan fingerprint density at radius 2 is 2.11 bits per heavy atom. The second-order valence-electron chi connectivity index (χ2n) is 4.88. The number of aliphatic hydroxyl groups is 1. The molecule has 0 spiro atoms. The monoisotopic (exact) mass is 331 g/mol. The van der Waals surface area contributed by atoms with Crippen LogP contribution in [0.4, 0.5) is 5.00 Å². The van der Waals surface area contributed by atoms with Crippen molar-refractivity contribution < 1.29 is 9.90 Å². The summed E-state index contributed by atoms with van der Waals surface area (Å²) in [6.07, 6.45) is 3.74. The number of amides is 1. The molecule has 1 N–H and O–H groups in total. The molecule has 1 aliphatic carbocycles. The lowest BCUT2D eigenvalue weighted by Crippen LogP contribution is -2.34. The Hall–Kier alpha value is -0.390. The number of nitrogens with zero attached hydrogens (tertiary/aromatic N) is 1. The summed E-state index contributed by atoms with van der Waals surface area (Å²) in [4.78, 5) is 14.1. The molecule has 1 amide bonds. The lowest BCUT2D eigenvalue weighted by Gasteiger charge is -2.29. The van der Waals surface area contributed by atoms with Crippen LogP contribution < -0.4 is 4.90 Å². The van der Waals surface area contributed by atoms with Crippen LogP contribution in [0.5, 0.6) is 0 Å². The standard InChI is InChI=1S/C13H18BrNO2S/c1-15(12-7-6-11(14)18-12)13(17)10-4-2-9(8-16)3-5-10/h6-7,9-10,16H,2-5,8H2,1H3. The summed E-state index contributed by atoms with van der Waals surface area (Å²) in [5, 5.41) is 10.1. The Morgan fingerprint density at radius 3 is 2.61 bits per heavy atom. The van der Waals surface area contributed by atoms with E-state index in [9.17, 15) is 4.79 Å². The van der Waals surface area contributed by atoms with Crippen LogP contribution in [-0.4, -0.2) is 24.7 Å². The molecule has 18 heavy (non-hydrogen) atoms. The fraction of sp³-hybridized carbons (Fsp3) is 0.615. The molecular formula is C13H18BrNO2S. The number of anilines is 1. The van der Waals surface area contributed by atoms with Gasteiger partial charge in [0.05, 0.1) is 8.79 Å². The number of thiophene rings is 1. The van der Waals surface area contributed by atoms with Crippen LogP contribution in [0.2, 0.25) is 0 Å². The second-order valence-corrected chi connectivity index (χ2v) is 7.32. The van der Waals surface area contributed by atoms with Crippen molar-refractivity contribution in [3.05, 3.63) is 15.9 Å². The number of rotatable bonds is 3. The second kappa shape index (κ2) is 6.17. The van der Waals surface area contributed by atoms with Gasteiger partial charge < -0.3 is 10.0 Å². The van der Waals surface area contributed by atoms with E-state index >= 15 is 0 Å². The zero-order valence-corrected chi connectivity index (χ0v) is 12.8. The molecule has 0 radical (unpaired) electrons. The Labute approximate surface area is 120 Å². The molecule has 100 valence electrons. The maximum absolute atomic E-state index is 12.4. The molecule has 2 rings (SSSR count). The number of halogens is 1. The molecule has 1 fully saturated rings. The first-order valence-electron chi connectivity index (χ1n) is 6.25. The quantitative estimate of drug-likeness (QED) is 0.923. The minimum absolute atomic E-state index is 0.124. The Kier molecular flexibility index (Phi) is 4.81. The van der Waals surface area contributed by atoms with Crippen molar-refractivity contribution in [1.29, 1.82) is 0 Å². The van der Waals surface area contributed by atoms with Crippen molar-refractivity contribution in [2.45, 2.75) is 25.7 Å². The molecule has 3 nitrogen and oxygen atoms in total. The first-order chi connectivity index (χ1) is 8.61. The number of hydrogen-bond donors (Lipinski definition) is 1. The number of carbonyl (C=O) groups excluding carboxylic acids is 1. The fourth-order valence-electron chi connectivity index (χ4n) is 2.46. The Balaban J connectivity index is 1.95. The highest BCUT2D eigenvalue weighted by Gasteiger charge is 2.28. The van der Waals surface area contributed by atoms with Gasteiger partial charge in [0.2, 0.25) is 5.91 Å². The van der Waals surface area contributed by atoms with Crippen LogP contribution in [0, 0.1) is 11.8 Å². The zero-order chi connectivity index (χ0) is 13.1. The van der Waals surface area contributed by atoms with E-state index in [1.165, 1.54) is 0 Å². The van der Waals surface area contributed by atoms with Crippen molar-refractivity contribution >= 4 is 38.2 Å². The molecule has 0 aliphatic heterocycles. The molecule has 0 atom stereocenters. The van der Waals surface area contributed by atoms with Crippen LogP contribution in [0.3, 0.4) is 0 Å². The minimum atomic E-state index is 0.124. The molecule has 1 saturated carbocycles. The normalized spacial score (nSPS) is 23.9. The number of hydrogen-bond acceptors (Lipinski definition) is 3. The van der Waals surface area contributed by atoms with Gasteiger partial charge in [0.15, 0.2) is 0 Å². The van der Waals surface area contributed by atoms with E-state index in [0.29, 0.717) is 5.92 Å². The largest absolute Gasteiger partial charge is 0.396 e.